The van der Waals surface area contributed by atoms with Crippen LogP contribution in [-0.4, -0.2) is 43.8 Å². The maximum atomic E-state index is 9.72. The molecule has 1 N–H and O–H groups in total. The number of nitrogens with one attached hydrogen (secondary N) is 1. The van der Waals surface area contributed by atoms with Gasteiger partial charge in [0.1, 0.15) is 5.54 Å². The SMILES string of the molecule is CNC(C#N)(CN1CC(C)OC(C)C1)c1ccccc1. The van der Waals surface area contributed by atoms with Crippen LogP contribution in [0.2, 0.25) is 0 Å². The Morgan fingerprint density at radius 2 is 1.90 bits per heavy atom. The van der Waals surface area contributed by atoms with Crippen molar-refractivity contribution in [3.05, 3.63) is 35.9 Å². The molecular weight excluding hydrogens is 250 g/mol. The van der Waals surface area contributed by atoms with Gasteiger partial charge < -0.3 is 4.74 Å². The molecule has 3 unspecified atom stereocenters. The van der Waals surface area contributed by atoms with Gasteiger partial charge in [0, 0.05) is 19.6 Å². The first kappa shape index (κ1) is 15.0. The van der Waals surface area contributed by atoms with Gasteiger partial charge in [0.25, 0.3) is 0 Å². The Balaban J connectivity index is 2.20. The van der Waals surface area contributed by atoms with Crippen molar-refractivity contribution in [1.29, 1.82) is 5.26 Å². The summed E-state index contributed by atoms with van der Waals surface area (Å²) < 4.78 is 5.76. The topological polar surface area (TPSA) is 48.3 Å². The van der Waals surface area contributed by atoms with Crippen molar-refractivity contribution in [2.75, 3.05) is 26.7 Å². The number of ether oxygens (including phenoxy) is 1. The van der Waals surface area contributed by atoms with E-state index in [0.717, 1.165) is 18.7 Å². The van der Waals surface area contributed by atoms with Gasteiger partial charge in [-0.15, -0.1) is 0 Å². The van der Waals surface area contributed by atoms with Crippen molar-refractivity contribution < 1.29 is 4.74 Å². The van der Waals surface area contributed by atoms with Gasteiger partial charge in [0.15, 0.2) is 0 Å². The zero-order chi connectivity index (χ0) is 14.6. The summed E-state index contributed by atoms with van der Waals surface area (Å²) in [5.74, 6) is 0. The summed E-state index contributed by atoms with van der Waals surface area (Å²) >= 11 is 0. The Kier molecular flexibility index (Phi) is 4.77. The zero-order valence-electron chi connectivity index (χ0n) is 12.5. The van der Waals surface area contributed by atoms with Crippen LogP contribution < -0.4 is 5.32 Å². The van der Waals surface area contributed by atoms with Crippen molar-refractivity contribution in [3.8, 4) is 6.07 Å². The van der Waals surface area contributed by atoms with E-state index in [-0.39, 0.29) is 12.2 Å². The maximum absolute atomic E-state index is 9.72. The lowest BCUT2D eigenvalue weighted by molar-refractivity contribution is -0.0721. The number of nitrogens with zero attached hydrogens (tertiary/aromatic N) is 2. The number of benzene rings is 1. The van der Waals surface area contributed by atoms with Crippen molar-refractivity contribution in [1.82, 2.24) is 10.2 Å². The van der Waals surface area contributed by atoms with Crippen LogP contribution in [0.1, 0.15) is 19.4 Å². The molecule has 4 nitrogen and oxygen atoms in total. The number of likely N-dealkylation sites (N-methyl/N-ethyl adjacent to an activating group) is 1. The van der Waals surface area contributed by atoms with E-state index in [1.807, 2.05) is 37.4 Å². The molecule has 4 heteroatoms. The summed E-state index contributed by atoms with van der Waals surface area (Å²) in [5.41, 5.74) is 0.342. The Morgan fingerprint density at radius 1 is 1.30 bits per heavy atom. The highest BCUT2D eigenvalue weighted by Gasteiger charge is 2.35. The van der Waals surface area contributed by atoms with Crippen LogP contribution >= 0.6 is 0 Å². The monoisotopic (exact) mass is 273 g/mol. The highest BCUT2D eigenvalue weighted by atomic mass is 16.5. The Bertz CT molecular complexity index is 460. The van der Waals surface area contributed by atoms with Crippen LogP contribution in [0.3, 0.4) is 0 Å². The van der Waals surface area contributed by atoms with E-state index in [1.165, 1.54) is 0 Å². The second-order valence-electron chi connectivity index (χ2n) is 5.58. The van der Waals surface area contributed by atoms with E-state index in [0.29, 0.717) is 6.54 Å². The van der Waals surface area contributed by atoms with E-state index >= 15 is 0 Å². The molecule has 1 aromatic carbocycles. The first-order chi connectivity index (χ1) is 9.59. The number of rotatable bonds is 4. The van der Waals surface area contributed by atoms with Crippen LogP contribution in [0.15, 0.2) is 30.3 Å². The highest BCUT2D eigenvalue weighted by molar-refractivity contribution is 5.32. The molecule has 1 aliphatic heterocycles. The number of morpholine rings is 1. The van der Waals surface area contributed by atoms with Crippen LogP contribution in [-0.2, 0) is 10.3 Å². The van der Waals surface area contributed by atoms with Gasteiger partial charge in [-0.3, -0.25) is 10.2 Å². The molecule has 1 saturated heterocycles. The molecule has 1 heterocycles. The Morgan fingerprint density at radius 3 is 2.40 bits per heavy atom. The predicted molar refractivity (Wildman–Crippen MR) is 79.2 cm³/mol. The number of nitriles is 1. The fourth-order valence-electron chi connectivity index (χ4n) is 2.94. The quantitative estimate of drug-likeness (QED) is 0.907. The Labute approximate surface area is 121 Å². The first-order valence-corrected chi connectivity index (χ1v) is 7.13. The first-order valence-electron chi connectivity index (χ1n) is 7.13. The molecule has 0 radical (unpaired) electrons. The summed E-state index contributed by atoms with van der Waals surface area (Å²) in [4.78, 5) is 2.31. The third-order valence-electron chi connectivity index (χ3n) is 3.84. The fourth-order valence-corrected chi connectivity index (χ4v) is 2.94. The summed E-state index contributed by atoms with van der Waals surface area (Å²) in [7, 11) is 1.85. The molecule has 1 fully saturated rings. The molecule has 0 aromatic heterocycles. The largest absolute Gasteiger partial charge is 0.373 e. The van der Waals surface area contributed by atoms with Gasteiger partial charge in [-0.25, -0.2) is 0 Å². The van der Waals surface area contributed by atoms with Gasteiger partial charge in [0.2, 0.25) is 0 Å². The normalized spacial score (nSPS) is 26.7. The molecule has 108 valence electrons. The van der Waals surface area contributed by atoms with Crippen LogP contribution in [0.25, 0.3) is 0 Å². The molecule has 1 aromatic rings. The lowest BCUT2D eigenvalue weighted by atomic mass is 9.90. The minimum atomic E-state index is -0.669. The van der Waals surface area contributed by atoms with Gasteiger partial charge in [-0.2, -0.15) is 5.26 Å². The van der Waals surface area contributed by atoms with Gasteiger partial charge >= 0.3 is 0 Å². The summed E-state index contributed by atoms with van der Waals surface area (Å²) in [6.07, 6.45) is 0.422. The molecule has 0 amide bonds. The van der Waals surface area contributed by atoms with E-state index in [1.54, 1.807) is 0 Å². The molecule has 0 spiro atoms. The predicted octanol–water partition coefficient (Wildman–Crippen LogP) is 1.73. The lowest BCUT2D eigenvalue weighted by Crippen LogP contribution is -2.54. The number of hydrogen-bond donors (Lipinski definition) is 1. The van der Waals surface area contributed by atoms with Gasteiger partial charge in [-0.05, 0) is 26.5 Å². The number of hydrogen-bond acceptors (Lipinski definition) is 4. The van der Waals surface area contributed by atoms with Crippen molar-refractivity contribution in [3.63, 3.8) is 0 Å². The lowest BCUT2D eigenvalue weighted by Gasteiger charge is -2.39. The molecule has 0 bridgehead atoms. The standard InChI is InChI=1S/C16H23N3O/c1-13-9-19(10-14(2)20-13)12-16(11-17,18-3)15-7-5-4-6-8-15/h4-8,13-14,18H,9-10,12H2,1-3H3. The molecule has 0 saturated carbocycles. The molecule has 2 rings (SSSR count). The fraction of sp³-hybridized carbons (Fsp3) is 0.562. The van der Waals surface area contributed by atoms with Crippen LogP contribution in [0, 0.1) is 11.3 Å². The average molecular weight is 273 g/mol. The second-order valence-corrected chi connectivity index (χ2v) is 5.58. The third kappa shape index (κ3) is 3.18. The molecule has 1 aliphatic rings. The van der Waals surface area contributed by atoms with Crippen LogP contribution in [0.5, 0.6) is 0 Å². The summed E-state index contributed by atoms with van der Waals surface area (Å²) in [6, 6.07) is 12.4. The summed E-state index contributed by atoms with van der Waals surface area (Å²) in [5, 5.41) is 12.9. The summed E-state index contributed by atoms with van der Waals surface area (Å²) in [6.45, 7) is 6.56. The van der Waals surface area contributed by atoms with Gasteiger partial charge in [0.05, 0.1) is 18.3 Å². The van der Waals surface area contributed by atoms with E-state index in [4.69, 9.17) is 4.74 Å². The zero-order valence-corrected chi connectivity index (χ0v) is 12.5. The minimum absolute atomic E-state index is 0.211. The van der Waals surface area contributed by atoms with E-state index < -0.39 is 5.54 Å². The van der Waals surface area contributed by atoms with Crippen molar-refractivity contribution in [2.45, 2.75) is 31.6 Å². The second kappa shape index (κ2) is 6.36. The molecule has 0 aliphatic carbocycles. The highest BCUT2D eigenvalue weighted by Crippen LogP contribution is 2.23. The maximum Gasteiger partial charge on any atom is 0.144 e. The van der Waals surface area contributed by atoms with E-state index in [9.17, 15) is 5.26 Å². The van der Waals surface area contributed by atoms with Crippen LogP contribution in [0.4, 0.5) is 0 Å². The third-order valence-corrected chi connectivity index (χ3v) is 3.84. The minimum Gasteiger partial charge on any atom is -0.373 e. The smallest absolute Gasteiger partial charge is 0.144 e. The van der Waals surface area contributed by atoms with E-state index in [2.05, 4.69) is 30.1 Å². The van der Waals surface area contributed by atoms with Crippen molar-refractivity contribution >= 4 is 0 Å². The molecule has 3 atom stereocenters. The van der Waals surface area contributed by atoms with Crippen molar-refractivity contribution in [2.24, 2.45) is 0 Å². The van der Waals surface area contributed by atoms with Gasteiger partial charge in [-0.1, -0.05) is 30.3 Å². The average Bonchev–Trinajstić information content (AvgIpc) is 2.45. The molecular formula is C16H23N3O. The Hall–Kier alpha value is -1.41. The molecule has 20 heavy (non-hydrogen) atoms.